The third kappa shape index (κ3) is 3.04. The Bertz CT molecular complexity index is 1550. The maximum atomic E-state index is 14.0. The number of ether oxygens (including phenoxy) is 2. The first-order valence-electron chi connectivity index (χ1n) is 11.5. The summed E-state index contributed by atoms with van der Waals surface area (Å²) in [4.78, 5) is 67.0. The Kier molecular flexibility index (Phi) is 5.23. The number of nitro groups is 1. The number of ketones is 2. The molecule has 3 aromatic rings. The van der Waals surface area contributed by atoms with E-state index in [1.807, 2.05) is 0 Å². The fraction of sp³-hybridized carbons (Fsp3) is 0.185. The van der Waals surface area contributed by atoms with Crippen LogP contribution in [-0.4, -0.2) is 41.0 Å². The highest BCUT2D eigenvalue weighted by atomic mass is 35.5. The highest BCUT2D eigenvalue weighted by Gasteiger charge is 2.74. The first kappa shape index (κ1) is 24.0. The van der Waals surface area contributed by atoms with Gasteiger partial charge in [-0.3, -0.25) is 29.3 Å². The van der Waals surface area contributed by atoms with Crippen LogP contribution in [0.1, 0.15) is 32.4 Å². The number of Topliss-reactive ketones (excluding diaryl/α,β-unsaturated/α-hetero) is 2. The molecule has 38 heavy (non-hydrogen) atoms. The molecule has 2 amide bonds. The monoisotopic (exact) mass is 532 g/mol. The van der Waals surface area contributed by atoms with Gasteiger partial charge in [-0.1, -0.05) is 48.0 Å². The van der Waals surface area contributed by atoms with Crippen molar-refractivity contribution in [2.45, 2.75) is 11.7 Å². The summed E-state index contributed by atoms with van der Waals surface area (Å²) in [6.45, 7) is 0. The molecule has 11 heteroatoms. The molecular formula is C27H17ClN2O8. The zero-order chi connectivity index (χ0) is 26.9. The van der Waals surface area contributed by atoms with Crippen molar-refractivity contribution in [3.63, 3.8) is 0 Å². The van der Waals surface area contributed by atoms with Gasteiger partial charge in [0.05, 0.1) is 41.7 Å². The number of nitrogens with zero attached hydrogens (tertiary/aromatic N) is 2. The number of carbonyl (C=O) groups excluding carboxylic acids is 4. The third-order valence-electron chi connectivity index (χ3n) is 7.33. The molecule has 10 nitrogen and oxygen atoms in total. The fourth-order valence-electron chi connectivity index (χ4n) is 5.67. The summed E-state index contributed by atoms with van der Waals surface area (Å²) in [6, 6.07) is 16.0. The quantitative estimate of drug-likeness (QED) is 0.213. The molecule has 1 aliphatic carbocycles. The van der Waals surface area contributed by atoms with Crippen molar-refractivity contribution < 1.29 is 33.6 Å². The van der Waals surface area contributed by atoms with Crippen LogP contribution in [-0.2, 0) is 14.3 Å². The molecule has 0 saturated carbocycles. The number of rotatable bonds is 4. The smallest absolute Gasteiger partial charge is 0.273 e. The van der Waals surface area contributed by atoms with Crippen molar-refractivity contribution in [2.75, 3.05) is 12.0 Å². The highest BCUT2D eigenvalue weighted by molar-refractivity contribution is 6.37. The molecule has 3 atom stereocenters. The fourth-order valence-corrected chi connectivity index (χ4v) is 5.80. The van der Waals surface area contributed by atoms with E-state index in [-0.39, 0.29) is 28.3 Å². The van der Waals surface area contributed by atoms with E-state index in [0.717, 1.165) is 17.0 Å². The van der Waals surface area contributed by atoms with Crippen LogP contribution in [0.25, 0.3) is 0 Å². The number of imide groups is 1. The second-order valence-electron chi connectivity index (χ2n) is 9.16. The topological polar surface area (TPSA) is 133 Å². The molecule has 190 valence electrons. The number of hydrogen-bond donors (Lipinski definition) is 0. The SMILES string of the molecule is COc1cc([N+](=O)[O-])ccc1N1C(=O)[C@@H]2[C@@H](C1=O)C1(O[C@H]2c2ccc(Cl)cc2)C(=O)c2ccccc2C1=O. The maximum absolute atomic E-state index is 14.0. The summed E-state index contributed by atoms with van der Waals surface area (Å²) in [5.74, 6) is -5.73. The van der Waals surface area contributed by atoms with Gasteiger partial charge >= 0.3 is 0 Å². The van der Waals surface area contributed by atoms with E-state index in [2.05, 4.69) is 0 Å². The van der Waals surface area contributed by atoms with E-state index in [1.54, 1.807) is 36.4 Å². The minimum atomic E-state index is -2.24. The summed E-state index contributed by atoms with van der Waals surface area (Å²) < 4.78 is 11.5. The summed E-state index contributed by atoms with van der Waals surface area (Å²) in [5, 5.41) is 11.7. The number of halogens is 1. The molecule has 2 saturated heterocycles. The number of non-ortho nitro benzene ring substituents is 1. The standard InChI is InChI=1S/C27H17ClN2O8/c1-37-19-12-15(30(35)36)10-11-18(19)29-25(33)20-21(26(29)34)27(38-22(20)13-6-8-14(28)9-7-13)23(31)16-4-2-3-5-17(16)24(27)32/h2-12,20-22H,1H3/t20-,21+,22+/m1/s1. The number of fused-ring (bicyclic) bond motifs is 3. The third-order valence-corrected chi connectivity index (χ3v) is 7.58. The molecule has 2 fully saturated rings. The lowest BCUT2D eigenvalue weighted by molar-refractivity contribution is -0.384. The number of amides is 2. The molecule has 0 unspecified atom stereocenters. The van der Waals surface area contributed by atoms with Gasteiger partial charge in [-0.15, -0.1) is 0 Å². The average molecular weight is 533 g/mol. The lowest BCUT2D eigenvalue weighted by Gasteiger charge is -2.27. The van der Waals surface area contributed by atoms with Crippen molar-refractivity contribution in [1.82, 2.24) is 0 Å². The Balaban J connectivity index is 1.54. The van der Waals surface area contributed by atoms with Crippen molar-refractivity contribution >= 4 is 46.4 Å². The Morgan fingerprint density at radius 3 is 2.16 bits per heavy atom. The summed E-state index contributed by atoms with van der Waals surface area (Å²) in [6.07, 6.45) is -1.12. The van der Waals surface area contributed by atoms with Crippen molar-refractivity contribution in [3.8, 4) is 5.75 Å². The molecule has 0 radical (unpaired) electrons. The lowest BCUT2D eigenvalue weighted by atomic mass is 9.77. The highest BCUT2D eigenvalue weighted by Crippen LogP contribution is 2.58. The van der Waals surface area contributed by atoms with Crippen LogP contribution in [0.4, 0.5) is 11.4 Å². The van der Waals surface area contributed by atoms with E-state index < -0.39 is 51.8 Å². The lowest BCUT2D eigenvalue weighted by Crippen LogP contribution is -2.51. The van der Waals surface area contributed by atoms with Gasteiger partial charge < -0.3 is 9.47 Å². The molecule has 0 aromatic heterocycles. The van der Waals surface area contributed by atoms with Gasteiger partial charge in [0, 0.05) is 22.2 Å². The molecule has 3 aromatic carbocycles. The van der Waals surface area contributed by atoms with Gasteiger partial charge in [0.2, 0.25) is 29.0 Å². The van der Waals surface area contributed by atoms with Crippen molar-refractivity contribution in [3.05, 3.63) is 98.6 Å². The van der Waals surface area contributed by atoms with Crippen molar-refractivity contribution in [1.29, 1.82) is 0 Å². The summed E-state index contributed by atoms with van der Waals surface area (Å²) in [5.41, 5.74) is -1.91. The number of carbonyl (C=O) groups is 4. The van der Waals surface area contributed by atoms with Gasteiger partial charge in [0.15, 0.2) is 0 Å². The molecular weight excluding hydrogens is 516 g/mol. The summed E-state index contributed by atoms with van der Waals surface area (Å²) >= 11 is 6.04. The Labute approximate surface area is 219 Å². The number of methoxy groups -OCH3 is 1. The van der Waals surface area contributed by atoms with Gasteiger partial charge in [0.25, 0.3) is 5.69 Å². The van der Waals surface area contributed by atoms with Gasteiger partial charge in [-0.2, -0.15) is 0 Å². The van der Waals surface area contributed by atoms with E-state index in [0.29, 0.717) is 10.6 Å². The van der Waals surface area contributed by atoms with Crippen LogP contribution >= 0.6 is 11.6 Å². The minimum absolute atomic E-state index is 0.0390. The minimum Gasteiger partial charge on any atom is -0.494 e. The maximum Gasteiger partial charge on any atom is 0.273 e. The predicted molar refractivity (Wildman–Crippen MR) is 132 cm³/mol. The average Bonchev–Trinajstić information content (AvgIpc) is 3.48. The van der Waals surface area contributed by atoms with Gasteiger partial charge in [0.1, 0.15) is 5.75 Å². The molecule has 6 rings (SSSR count). The summed E-state index contributed by atoms with van der Waals surface area (Å²) in [7, 11) is 1.25. The second-order valence-corrected chi connectivity index (χ2v) is 9.59. The normalized spacial score (nSPS) is 23.2. The van der Waals surface area contributed by atoms with Crippen LogP contribution in [0, 0.1) is 22.0 Å². The molecule has 3 aliphatic rings. The van der Waals surface area contributed by atoms with Crippen LogP contribution in [0.15, 0.2) is 66.7 Å². The van der Waals surface area contributed by atoms with Crippen LogP contribution in [0.3, 0.4) is 0 Å². The largest absolute Gasteiger partial charge is 0.494 e. The Hall–Kier alpha value is -4.41. The Morgan fingerprint density at radius 2 is 1.58 bits per heavy atom. The van der Waals surface area contributed by atoms with Crippen LogP contribution in [0.2, 0.25) is 5.02 Å². The molecule has 0 bridgehead atoms. The molecule has 1 spiro atoms. The van der Waals surface area contributed by atoms with E-state index in [1.165, 1.54) is 25.3 Å². The van der Waals surface area contributed by atoms with Gasteiger partial charge in [-0.05, 0) is 23.8 Å². The molecule has 2 heterocycles. The van der Waals surface area contributed by atoms with Crippen molar-refractivity contribution in [2.24, 2.45) is 11.8 Å². The number of hydrogen-bond acceptors (Lipinski definition) is 8. The predicted octanol–water partition coefficient (Wildman–Crippen LogP) is 3.95. The van der Waals surface area contributed by atoms with Crippen LogP contribution < -0.4 is 9.64 Å². The van der Waals surface area contributed by atoms with Gasteiger partial charge in [-0.25, -0.2) is 4.90 Å². The molecule has 0 N–H and O–H groups in total. The molecule has 2 aliphatic heterocycles. The number of benzene rings is 3. The zero-order valence-corrected chi connectivity index (χ0v) is 20.4. The first-order chi connectivity index (χ1) is 18.2. The van der Waals surface area contributed by atoms with E-state index in [4.69, 9.17) is 21.1 Å². The van der Waals surface area contributed by atoms with E-state index >= 15 is 0 Å². The number of anilines is 1. The van der Waals surface area contributed by atoms with E-state index in [9.17, 15) is 29.3 Å². The zero-order valence-electron chi connectivity index (χ0n) is 19.6. The Morgan fingerprint density at radius 1 is 0.947 bits per heavy atom. The number of nitro benzene ring substituents is 1. The first-order valence-corrected chi connectivity index (χ1v) is 11.9. The van der Waals surface area contributed by atoms with Crippen LogP contribution in [0.5, 0.6) is 5.75 Å². The second kappa shape index (κ2) is 8.30.